The Balaban J connectivity index is 1.81. The highest BCUT2D eigenvalue weighted by Gasteiger charge is 2.59. The van der Waals surface area contributed by atoms with Crippen molar-refractivity contribution < 1.29 is 84.3 Å². The zero-order valence-electron chi connectivity index (χ0n) is 21.2. The first-order valence-electron chi connectivity index (χ1n) is 12.4. The van der Waals surface area contributed by atoms with E-state index in [1.54, 1.807) is 0 Å². The molecule has 0 aliphatic carbocycles. The molecule has 0 amide bonds. The second-order valence-electron chi connectivity index (χ2n) is 9.97. The van der Waals surface area contributed by atoms with E-state index < -0.39 is 124 Å². The summed E-state index contributed by atoms with van der Waals surface area (Å²) >= 11 is 0. The van der Waals surface area contributed by atoms with Crippen LogP contribution in [-0.2, 0) is 33.2 Å². The van der Waals surface area contributed by atoms with Crippen molar-refractivity contribution in [3.8, 4) is 0 Å². The molecule has 3 heterocycles. The Kier molecular flexibility index (Phi) is 11.0. The Bertz CT molecular complexity index is 799. The van der Waals surface area contributed by atoms with Gasteiger partial charge in [0.1, 0.15) is 67.6 Å². The van der Waals surface area contributed by atoms with E-state index >= 15 is 0 Å². The summed E-state index contributed by atoms with van der Waals surface area (Å²) in [4.78, 5) is 12.3. The molecule has 39 heavy (non-hydrogen) atoms. The second kappa shape index (κ2) is 13.2. The topological polar surface area (TPSA) is 275 Å². The van der Waals surface area contributed by atoms with Gasteiger partial charge in [0, 0.05) is 0 Å². The molecule has 228 valence electrons. The fourth-order valence-electron chi connectivity index (χ4n) is 4.40. The summed E-state index contributed by atoms with van der Waals surface area (Å²) in [7, 11) is 0. The molecule has 0 bridgehead atoms. The fraction of sp³-hybridized carbons (Fsp3) is 0.955. The van der Waals surface area contributed by atoms with Crippen LogP contribution in [0.25, 0.3) is 0 Å². The van der Waals surface area contributed by atoms with Crippen molar-refractivity contribution >= 4 is 5.97 Å². The molecule has 3 aliphatic rings. The number of esters is 1. The lowest BCUT2D eigenvalue weighted by molar-refractivity contribution is -0.388. The summed E-state index contributed by atoms with van der Waals surface area (Å²) in [6.07, 6.45) is -21.9. The lowest BCUT2D eigenvalue weighted by Gasteiger charge is -2.45. The van der Waals surface area contributed by atoms with Crippen LogP contribution < -0.4 is 0 Å². The Morgan fingerprint density at radius 3 is 1.90 bits per heavy atom. The predicted octanol–water partition coefficient (Wildman–Crippen LogP) is -6.36. The number of carbonyl (C=O) groups is 1. The maximum Gasteiger partial charge on any atom is 0.308 e. The fourth-order valence-corrected chi connectivity index (χ4v) is 4.40. The van der Waals surface area contributed by atoms with Crippen LogP contribution in [0.1, 0.15) is 13.8 Å². The van der Waals surface area contributed by atoms with E-state index in [1.165, 1.54) is 13.8 Å². The number of ether oxygens (including phenoxy) is 6. The summed E-state index contributed by atoms with van der Waals surface area (Å²) in [5.41, 5.74) is 0. The molecular weight excluding hydrogens is 536 g/mol. The average molecular weight is 575 g/mol. The summed E-state index contributed by atoms with van der Waals surface area (Å²) < 4.78 is 32.5. The minimum atomic E-state index is -2.41. The zero-order valence-corrected chi connectivity index (χ0v) is 21.2. The van der Waals surface area contributed by atoms with E-state index in [0.717, 1.165) is 0 Å². The van der Waals surface area contributed by atoms with Crippen LogP contribution in [-0.4, -0.2) is 169 Å². The van der Waals surface area contributed by atoms with Crippen molar-refractivity contribution in [3.05, 3.63) is 0 Å². The average Bonchev–Trinajstić information content (AvgIpc) is 3.16. The highest BCUT2D eigenvalue weighted by molar-refractivity contribution is 5.71. The molecule has 0 radical (unpaired) electrons. The Labute approximate surface area is 222 Å². The molecule has 3 fully saturated rings. The van der Waals surface area contributed by atoms with Crippen molar-refractivity contribution in [1.29, 1.82) is 0 Å². The van der Waals surface area contributed by atoms with Gasteiger partial charge in [0.2, 0.25) is 12.1 Å². The molecule has 0 spiro atoms. The number of aliphatic hydroxyl groups excluding tert-OH is 10. The summed E-state index contributed by atoms with van der Waals surface area (Å²) in [6, 6.07) is 0. The van der Waals surface area contributed by atoms with Crippen LogP contribution in [0.2, 0.25) is 0 Å². The predicted molar refractivity (Wildman–Crippen MR) is 120 cm³/mol. The molecule has 0 aromatic rings. The van der Waals surface area contributed by atoms with Crippen LogP contribution in [0, 0.1) is 5.92 Å². The van der Waals surface area contributed by atoms with Crippen molar-refractivity contribution in [2.75, 3.05) is 26.4 Å². The third kappa shape index (κ3) is 6.53. The third-order valence-corrected chi connectivity index (χ3v) is 6.86. The molecule has 14 atom stereocenters. The van der Waals surface area contributed by atoms with Gasteiger partial charge in [-0.25, -0.2) is 0 Å². The van der Waals surface area contributed by atoms with Gasteiger partial charge in [-0.1, -0.05) is 13.8 Å². The molecule has 0 unspecified atom stereocenters. The van der Waals surface area contributed by atoms with Crippen molar-refractivity contribution in [1.82, 2.24) is 0 Å². The van der Waals surface area contributed by atoms with E-state index in [9.17, 15) is 55.9 Å². The van der Waals surface area contributed by atoms with Crippen LogP contribution >= 0.6 is 0 Å². The molecule has 17 nitrogen and oxygen atoms in total. The molecule has 3 saturated heterocycles. The highest BCUT2D eigenvalue weighted by Crippen LogP contribution is 2.37. The molecule has 3 aliphatic heterocycles. The first-order chi connectivity index (χ1) is 18.3. The van der Waals surface area contributed by atoms with Crippen molar-refractivity contribution in [2.24, 2.45) is 5.92 Å². The van der Waals surface area contributed by atoms with Crippen molar-refractivity contribution in [3.63, 3.8) is 0 Å². The molecule has 0 saturated carbocycles. The molecular formula is C22H38O17. The molecule has 17 heteroatoms. The number of hydrogen-bond acceptors (Lipinski definition) is 17. The molecule has 10 N–H and O–H groups in total. The number of carbonyl (C=O) groups excluding carboxylic acids is 1. The van der Waals surface area contributed by atoms with E-state index in [4.69, 9.17) is 28.4 Å². The monoisotopic (exact) mass is 574 g/mol. The van der Waals surface area contributed by atoms with E-state index in [-0.39, 0.29) is 0 Å². The van der Waals surface area contributed by atoms with Crippen LogP contribution in [0.3, 0.4) is 0 Å². The second-order valence-corrected chi connectivity index (χ2v) is 9.97. The lowest BCUT2D eigenvalue weighted by Crippen LogP contribution is -2.64. The summed E-state index contributed by atoms with van der Waals surface area (Å²) in [5.74, 6) is -3.94. The molecule has 3 rings (SSSR count). The third-order valence-electron chi connectivity index (χ3n) is 6.86. The van der Waals surface area contributed by atoms with Gasteiger partial charge < -0.3 is 79.5 Å². The quantitative estimate of drug-likeness (QED) is 0.109. The smallest absolute Gasteiger partial charge is 0.308 e. The maximum absolute atomic E-state index is 12.3. The van der Waals surface area contributed by atoms with Crippen LogP contribution in [0.4, 0.5) is 0 Å². The number of hydrogen-bond donors (Lipinski definition) is 10. The molecule has 0 aromatic carbocycles. The van der Waals surface area contributed by atoms with Gasteiger partial charge in [-0.2, -0.15) is 0 Å². The van der Waals surface area contributed by atoms with Gasteiger partial charge in [0.25, 0.3) is 0 Å². The number of rotatable bonds is 10. The molecule has 0 aromatic heterocycles. The van der Waals surface area contributed by atoms with Gasteiger partial charge in [-0.05, 0) is 0 Å². The highest BCUT2D eigenvalue weighted by atomic mass is 16.8. The zero-order chi connectivity index (χ0) is 29.2. The summed E-state index contributed by atoms with van der Waals surface area (Å²) in [5, 5.41) is 101. The first-order valence-corrected chi connectivity index (χ1v) is 12.4. The summed E-state index contributed by atoms with van der Waals surface area (Å²) in [6.45, 7) is -0.263. The minimum Gasteiger partial charge on any atom is -0.454 e. The van der Waals surface area contributed by atoms with E-state index in [1.807, 2.05) is 0 Å². The minimum absolute atomic E-state index is 0.664. The normalized spacial score (nSPS) is 46.9. The maximum atomic E-state index is 12.3. The van der Waals surface area contributed by atoms with E-state index in [0.29, 0.717) is 0 Å². The standard InChI is InChI=1S/C22H38O17/c1-7(2)19(33)37-17-15(30)12(27)10(5-34-20-16(31)14(29)11(26)8(3-23)35-20)36-21(17)39-22(6-25)18(32)13(28)9(4-24)38-22/h7-18,20-21,23-32H,3-6H2,1-2H3/t8-,9-,10-,11+,12-,13-,14+,15+,16-,17-,18+,20+,21-,22+/m1/s1. The Morgan fingerprint density at radius 2 is 1.36 bits per heavy atom. The number of aliphatic hydroxyl groups is 10. The largest absolute Gasteiger partial charge is 0.454 e. The van der Waals surface area contributed by atoms with Gasteiger partial charge in [-0.15, -0.1) is 0 Å². The first kappa shape index (κ1) is 32.4. The van der Waals surface area contributed by atoms with Crippen LogP contribution in [0.15, 0.2) is 0 Å². The SMILES string of the molecule is CC(C)C(=O)O[C@H]1[C@@H](O[C@]2(CO)O[C@H](CO)[C@@H](O)[C@@H]2O)O[C@H](CO[C@H]2O[C@H](CO)[C@H](O)[C@H](O)[C@H]2O)[C@@H](O)[C@@H]1O. The van der Waals surface area contributed by atoms with Crippen molar-refractivity contribution in [2.45, 2.75) is 99.4 Å². The van der Waals surface area contributed by atoms with Crippen LogP contribution in [0.5, 0.6) is 0 Å². The Hall–Kier alpha value is -1.13. The lowest BCUT2D eigenvalue weighted by atomic mass is 9.97. The van der Waals surface area contributed by atoms with Gasteiger partial charge >= 0.3 is 5.97 Å². The van der Waals surface area contributed by atoms with E-state index in [2.05, 4.69) is 0 Å². The van der Waals surface area contributed by atoms with Gasteiger partial charge in [0.05, 0.1) is 25.7 Å². The Morgan fingerprint density at radius 1 is 0.769 bits per heavy atom. The van der Waals surface area contributed by atoms with Gasteiger partial charge in [0.15, 0.2) is 12.4 Å². The van der Waals surface area contributed by atoms with Gasteiger partial charge in [-0.3, -0.25) is 4.79 Å².